The predicted molar refractivity (Wildman–Crippen MR) is 115 cm³/mol. The number of rotatable bonds is 6. The van der Waals surface area contributed by atoms with Gasteiger partial charge in [-0.25, -0.2) is 0 Å². The highest BCUT2D eigenvalue weighted by atomic mass is 19.3. The molecule has 0 N–H and O–H groups in total. The maximum atomic E-state index is 13.3. The average molecular weight is 436 g/mol. The number of aryl methyl sites for hydroxylation is 1. The van der Waals surface area contributed by atoms with Gasteiger partial charge >= 0.3 is 6.29 Å². The van der Waals surface area contributed by atoms with Gasteiger partial charge in [0.1, 0.15) is 11.5 Å². The summed E-state index contributed by atoms with van der Waals surface area (Å²) in [6.07, 6.45) is -1.99. The van der Waals surface area contributed by atoms with Gasteiger partial charge in [0, 0.05) is 6.42 Å². The van der Waals surface area contributed by atoms with Crippen molar-refractivity contribution in [3.8, 4) is 28.4 Å². The van der Waals surface area contributed by atoms with Gasteiger partial charge in [-0.05, 0) is 71.8 Å². The minimum atomic E-state index is -3.66. The summed E-state index contributed by atoms with van der Waals surface area (Å²) in [4.78, 5) is 13.2. The lowest BCUT2D eigenvalue weighted by molar-refractivity contribution is -0.286. The second-order valence-corrected chi connectivity index (χ2v) is 8.39. The van der Waals surface area contributed by atoms with Crippen molar-refractivity contribution in [1.29, 1.82) is 0 Å². The molecule has 1 fully saturated rings. The number of carbonyl (C=O) groups is 1. The molecule has 164 valence electrons. The van der Waals surface area contributed by atoms with Crippen LogP contribution in [-0.2, 0) is 16.6 Å². The van der Waals surface area contributed by atoms with E-state index in [1.807, 2.05) is 49.4 Å². The first-order valence-corrected chi connectivity index (χ1v) is 10.5. The molecule has 0 bridgehead atoms. The summed E-state index contributed by atoms with van der Waals surface area (Å²) in [6.45, 7) is 2.02. The molecule has 0 spiro atoms. The summed E-state index contributed by atoms with van der Waals surface area (Å²) < 4.78 is 41.0. The molecule has 0 amide bonds. The van der Waals surface area contributed by atoms with Gasteiger partial charge < -0.3 is 14.2 Å². The Bertz CT molecular complexity index is 1210. The van der Waals surface area contributed by atoms with E-state index in [-0.39, 0.29) is 23.7 Å². The zero-order valence-corrected chi connectivity index (χ0v) is 17.8. The van der Waals surface area contributed by atoms with Crippen LogP contribution in [0.1, 0.15) is 29.5 Å². The van der Waals surface area contributed by atoms with Crippen LogP contribution in [0.2, 0.25) is 0 Å². The summed E-state index contributed by atoms with van der Waals surface area (Å²) in [6, 6.07) is 18.5. The largest absolute Gasteiger partial charge is 0.586 e. The molecule has 1 aliphatic heterocycles. The van der Waals surface area contributed by atoms with Crippen LogP contribution in [0.5, 0.6) is 17.2 Å². The van der Waals surface area contributed by atoms with E-state index >= 15 is 0 Å². The fourth-order valence-electron chi connectivity index (χ4n) is 4.40. The maximum absolute atomic E-state index is 13.3. The monoisotopic (exact) mass is 436 g/mol. The molecule has 1 aliphatic carbocycles. The minimum absolute atomic E-state index is 0.00856. The molecule has 4 nitrogen and oxygen atoms in total. The van der Waals surface area contributed by atoms with Gasteiger partial charge in [-0.15, -0.1) is 8.78 Å². The second-order valence-electron chi connectivity index (χ2n) is 8.39. The molecule has 1 heterocycles. The van der Waals surface area contributed by atoms with Gasteiger partial charge in [0.25, 0.3) is 0 Å². The molecule has 0 aromatic heterocycles. The summed E-state index contributed by atoms with van der Waals surface area (Å²) in [5.41, 5.74) is 4.19. The third-order valence-electron chi connectivity index (χ3n) is 6.27. The molecule has 0 saturated heterocycles. The lowest BCUT2D eigenvalue weighted by Gasteiger charge is -2.16. The van der Waals surface area contributed by atoms with Gasteiger partial charge in [0.05, 0.1) is 12.5 Å². The van der Waals surface area contributed by atoms with Crippen molar-refractivity contribution in [1.82, 2.24) is 0 Å². The lowest BCUT2D eigenvalue weighted by Crippen LogP contribution is -2.26. The van der Waals surface area contributed by atoms with Crippen LogP contribution >= 0.6 is 0 Å². The third kappa shape index (κ3) is 3.60. The number of alkyl halides is 2. The number of carbonyl (C=O) groups excluding carboxylic acids is 1. The molecule has 0 unspecified atom stereocenters. The quantitative estimate of drug-likeness (QED) is 0.487. The van der Waals surface area contributed by atoms with Crippen LogP contribution in [0.3, 0.4) is 0 Å². The highest BCUT2D eigenvalue weighted by Gasteiger charge is 2.52. The topological polar surface area (TPSA) is 44.8 Å². The molecule has 6 heteroatoms. The summed E-state index contributed by atoms with van der Waals surface area (Å²) in [7, 11) is 1.64. The summed E-state index contributed by atoms with van der Waals surface area (Å²) in [5, 5.41) is 0. The summed E-state index contributed by atoms with van der Waals surface area (Å²) in [5.74, 6) is 0.839. The van der Waals surface area contributed by atoms with Crippen LogP contribution in [0.15, 0.2) is 60.7 Å². The number of hydrogen-bond donors (Lipinski definition) is 0. The highest BCUT2D eigenvalue weighted by Crippen LogP contribution is 2.52. The first-order valence-electron chi connectivity index (χ1n) is 10.5. The number of ketones is 1. The van der Waals surface area contributed by atoms with Gasteiger partial charge in [-0.1, -0.05) is 36.4 Å². The molecular formula is C26H22F2O4. The average Bonchev–Trinajstić information content (AvgIpc) is 3.51. The van der Waals surface area contributed by atoms with Gasteiger partial charge in [-0.2, -0.15) is 0 Å². The molecular weight excluding hydrogens is 414 g/mol. The fraction of sp³-hybridized carbons (Fsp3) is 0.269. The molecule has 2 aliphatic rings. The molecule has 0 atom stereocenters. The number of fused-ring (bicyclic) bond motifs is 1. The van der Waals surface area contributed by atoms with Gasteiger partial charge in [-0.3, -0.25) is 4.79 Å². The number of benzene rings is 3. The Hall–Kier alpha value is -3.41. The van der Waals surface area contributed by atoms with Crippen LogP contribution in [0, 0.1) is 6.92 Å². The van der Waals surface area contributed by atoms with Crippen molar-refractivity contribution in [2.24, 2.45) is 0 Å². The van der Waals surface area contributed by atoms with Gasteiger partial charge in [0.2, 0.25) is 0 Å². The fourth-order valence-corrected chi connectivity index (χ4v) is 4.40. The van der Waals surface area contributed by atoms with E-state index in [0.29, 0.717) is 18.4 Å². The van der Waals surface area contributed by atoms with E-state index in [1.54, 1.807) is 13.2 Å². The van der Waals surface area contributed by atoms with E-state index in [1.165, 1.54) is 12.1 Å². The molecule has 3 aromatic carbocycles. The number of Topliss-reactive ketones (excluding diaryl/α,β-unsaturated/α-hetero) is 1. The number of halogens is 2. The Morgan fingerprint density at radius 3 is 2.50 bits per heavy atom. The minimum Gasteiger partial charge on any atom is -0.497 e. The van der Waals surface area contributed by atoms with E-state index in [2.05, 4.69) is 9.47 Å². The van der Waals surface area contributed by atoms with Crippen molar-refractivity contribution >= 4 is 5.78 Å². The Morgan fingerprint density at radius 2 is 1.78 bits per heavy atom. The zero-order chi connectivity index (χ0) is 22.5. The second kappa shape index (κ2) is 7.33. The third-order valence-corrected chi connectivity index (χ3v) is 6.27. The van der Waals surface area contributed by atoms with E-state index in [4.69, 9.17) is 4.74 Å². The molecule has 1 saturated carbocycles. The van der Waals surface area contributed by atoms with Crippen molar-refractivity contribution < 1.29 is 27.8 Å². The molecule has 5 rings (SSSR count). The van der Waals surface area contributed by atoms with Crippen LogP contribution < -0.4 is 14.2 Å². The normalized spacial score (nSPS) is 17.1. The van der Waals surface area contributed by atoms with Crippen LogP contribution in [0.4, 0.5) is 8.78 Å². The number of hydrogen-bond acceptors (Lipinski definition) is 4. The summed E-state index contributed by atoms with van der Waals surface area (Å²) >= 11 is 0. The molecule has 32 heavy (non-hydrogen) atoms. The molecule has 0 radical (unpaired) electrons. The molecule has 3 aromatic rings. The van der Waals surface area contributed by atoms with Crippen molar-refractivity contribution in [3.05, 3.63) is 77.4 Å². The van der Waals surface area contributed by atoms with Crippen molar-refractivity contribution in [2.45, 2.75) is 37.9 Å². The van der Waals surface area contributed by atoms with Gasteiger partial charge in [0.15, 0.2) is 11.5 Å². The number of methoxy groups -OCH3 is 1. The van der Waals surface area contributed by atoms with Crippen molar-refractivity contribution in [3.63, 3.8) is 0 Å². The van der Waals surface area contributed by atoms with E-state index in [0.717, 1.165) is 28.0 Å². The SMILES string of the molecule is COc1cccc(-c2ccc(CC(=O)C3(c4ccc5c(c4)OC(F)(F)O5)CC3)cc2C)c1. The maximum Gasteiger partial charge on any atom is 0.586 e. The van der Waals surface area contributed by atoms with Crippen LogP contribution in [0.25, 0.3) is 11.1 Å². The van der Waals surface area contributed by atoms with Crippen molar-refractivity contribution in [2.75, 3.05) is 7.11 Å². The standard InChI is InChI=1S/C26H22F2O4/c1-16-12-17(6-8-21(16)18-4-3-5-20(14-18)30-2)13-24(29)25(10-11-25)19-7-9-22-23(15-19)32-26(27,28)31-22/h3-9,12,14-15H,10-11,13H2,1-2H3. The predicted octanol–water partition coefficient (Wildman–Crippen LogP) is 5.84. The first kappa shape index (κ1) is 20.5. The number of ether oxygens (including phenoxy) is 3. The first-order chi connectivity index (χ1) is 15.3. The Kier molecular flexibility index (Phi) is 4.69. The Labute approximate surface area is 184 Å². The Morgan fingerprint density at radius 1 is 1.00 bits per heavy atom. The Balaban J connectivity index is 1.36. The highest BCUT2D eigenvalue weighted by molar-refractivity contribution is 5.95. The van der Waals surface area contributed by atoms with E-state index in [9.17, 15) is 13.6 Å². The zero-order valence-electron chi connectivity index (χ0n) is 17.8. The lowest BCUT2D eigenvalue weighted by atomic mass is 9.87. The smallest absolute Gasteiger partial charge is 0.497 e. The van der Waals surface area contributed by atoms with E-state index < -0.39 is 11.7 Å². The van der Waals surface area contributed by atoms with Crippen LogP contribution in [-0.4, -0.2) is 19.2 Å².